The summed E-state index contributed by atoms with van der Waals surface area (Å²) in [6.07, 6.45) is 1.14. The Kier molecular flexibility index (Phi) is 3.34. The lowest BCUT2D eigenvalue weighted by Gasteiger charge is -2.20. The molecule has 1 aliphatic heterocycles. The van der Waals surface area contributed by atoms with Crippen LogP contribution in [0.4, 0.5) is 6.01 Å². The predicted molar refractivity (Wildman–Crippen MR) is 62.5 cm³/mol. The third-order valence-electron chi connectivity index (χ3n) is 2.87. The molecule has 0 radical (unpaired) electrons. The molecule has 17 heavy (non-hydrogen) atoms. The van der Waals surface area contributed by atoms with Crippen molar-refractivity contribution in [2.45, 2.75) is 18.9 Å². The first-order chi connectivity index (χ1) is 8.02. The summed E-state index contributed by atoms with van der Waals surface area (Å²) in [6.45, 7) is 0.448. The average Bonchev–Trinajstić information content (AvgIpc) is 2.85. The molecule has 1 aromatic rings. The molecule has 0 bridgehead atoms. The topological polar surface area (TPSA) is 102 Å². The van der Waals surface area contributed by atoms with Crippen molar-refractivity contribution in [3.8, 4) is 0 Å². The molecule has 2 heterocycles. The fourth-order valence-corrected chi connectivity index (χ4v) is 3.62. The minimum atomic E-state index is -2.90. The average molecular weight is 260 g/mol. The van der Waals surface area contributed by atoms with E-state index in [4.69, 9.17) is 10.2 Å². The van der Waals surface area contributed by atoms with Crippen LogP contribution in [0, 0.1) is 0 Å². The third kappa shape index (κ3) is 2.75. The molecule has 2 N–H and O–H groups in total. The molecule has 2 rings (SSSR count). The predicted octanol–water partition coefficient (Wildman–Crippen LogP) is -0.806. The van der Waals surface area contributed by atoms with Gasteiger partial charge in [0.15, 0.2) is 9.84 Å². The maximum Gasteiger partial charge on any atom is 0.318 e. The van der Waals surface area contributed by atoms with Gasteiger partial charge in [0.1, 0.15) is 0 Å². The maximum atomic E-state index is 11.4. The first-order valence-corrected chi connectivity index (χ1v) is 7.29. The second kappa shape index (κ2) is 4.61. The molecule has 96 valence electrons. The van der Waals surface area contributed by atoms with Crippen molar-refractivity contribution in [1.82, 2.24) is 10.2 Å². The van der Waals surface area contributed by atoms with E-state index in [0.29, 0.717) is 31.3 Å². The molecule has 0 aromatic carbocycles. The molecule has 0 aliphatic carbocycles. The number of sulfone groups is 1. The van der Waals surface area contributed by atoms with Crippen LogP contribution >= 0.6 is 0 Å². The highest BCUT2D eigenvalue weighted by Crippen LogP contribution is 2.21. The highest BCUT2D eigenvalue weighted by Gasteiger charge is 2.32. The van der Waals surface area contributed by atoms with Gasteiger partial charge >= 0.3 is 6.01 Å². The number of anilines is 1. The first kappa shape index (κ1) is 12.3. The van der Waals surface area contributed by atoms with Crippen molar-refractivity contribution in [3.63, 3.8) is 0 Å². The summed E-state index contributed by atoms with van der Waals surface area (Å²) in [7, 11) is -1.13. The smallest absolute Gasteiger partial charge is 0.318 e. The lowest BCUT2D eigenvalue weighted by atomic mass is 10.2. The van der Waals surface area contributed by atoms with E-state index < -0.39 is 9.84 Å². The maximum absolute atomic E-state index is 11.4. The lowest BCUT2D eigenvalue weighted by Crippen LogP contribution is -2.32. The summed E-state index contributed by atoms with van der Waals surface area (Å²) in [4.78, 5) is 1.73. The monoisotopic (exact) mass is 260 g/mol. The molecule has 1 fully saturated rings. The molecule has 0 amide bonds. The van der Waals surface area contributed by atoms with E-state index in [2.05, 4.69) is 10.2 Å². The van der Waals surface area contributed by atoms with Crippen LogP contribution in [0.25, 0.3) is 0 Å². The van der Waals surface area contributed by atoms with Crippen molar-refractivity contribution in [1.29, 1.82) is 0 Å². The van der Waals surface area contributed by atoms with Crippen molar-refractivity contribution in [2.24, 2.45) is 5.73 Å². The van der Waals surface area contributed by atoms with Gasteiger partial charge in [-0.05, 0) is 6.42 Å². The van der Waals surface area contributed by atoms with Gasteiger partial charge in [0, 0.05) is 26.1 Å². The van der Waals surface area contributed by atoms with Gasteiger partial charge in [0.05, 0.1) is 11.5 Å². The summed E-state index contributed by atoms with van der Waals surface area (Å²) in [5.74, 6) is 0.861. The van der Waals surface area contributed by atoms with E-state index in [-0.39, 0.29) is 17.5 Å². The standard InChI is InChI=1S/C9H16N4O3S/c1-13(7-3-5-17(14,15)6-7)9-12-11-8(16-9)2-4-10/h7H,2-6,10H2,1H3. The van der Waals surface area contributed by atoms with Crippen LogP contribution in [-0.4, -0.2) is 49.8 Å². The van der Waals surface area contributed by atoms with E-state index in [9.17, 15) is 8.42 Å². The largest absolute Gasteiger partial charge is 0.408 e. The molecule has 0 spiro atoms. The van der Waals surface area contributed by atoms with Crippen molar-refractivity contribution in [2.75, 3.05) is 30.0 Å². The van der Waals surface area contributed by atoms with Gasteiger partial charge in [-0.3, -0.25) is 0 Å². The Morgan fingerprint density at radius 3 is 2.88 bits per heavy atom. The Morgan fingerprint density at radius 1 is 1.53 bits per heavy atom. The molecular weight excluding hydrogens is 244 g/mol. The van der Waals surface area contributed by atoms with Gasteiger partial charge in [-0.1, -0.05) is 5.10 Å². The van der Waals surface area contributed by atoms with Crippen LogP contribution in [0.2, 0.25) is 0 Å². The van der Waals surface area contributed by atoms with E-state index in [1.165, 1.54) is 0 Å². The Hall–Kier alpha value is -1.15. The van der Waals surface area contributed by atoms with Crippen LogP contribution in [0.3, 0.4) is 0 Å². The Labute approximate surface area is 99.9 Å². The van der Waals surface area contributed by atoms with Crippen LogP contribution in [-0.2, 0) is 16.3 Å². The van der Waals surface area contributed by atoms with E-state index >= 15 is 0 Å². The molecule has 1 aliphatic rings. The zero-order chi connectivity index (χ0) is 12.5. The molecular formula is C9H16N4O3S. The molecule has 1 aromatic heterocycles. The number of nitrogens with zero attached hydrogens (tertiary/aromatic N) is 3. The fraction of sp³-hybridized carbons (Fsp3) is 0.778. The van der Waals surface area contributed by atoms with Gasteiger partial charge in [0.2, 0.25) is 5.89 Å². The highest BCUT2D eigenvalue weighted by atomic mass is 32.2. The normalized spacial score (nSPS) is 22.8. The summed E-state index contributed by atoms with van der Waals surface area (Å²) in [5, 5.41) is 7.73. The first-order valence-electron chi connectivity index (χ1n) is 5.47. The number of hydrogen-bond donors (Lipinski definition) is 1. The van der Waals surface area contributed by atoms with Gasteiger partial charge in [0.25, 0.3) is 0 Å². The number of rotatable bonds is 4. The number of aromatic nitrogens is 2. The molecule has 0 saturated carbocycles. The number of nitrogens with two attached hydrogens (primary N) is 1. The second-order valence-electron chi connectivity index (χ2n) is 4.18. The molecule has 1 atom stereocenters. The van der Waals surface area contributed by atoms with Gasteiger partial charge in [-0.25, -0.2) is 8.42 Å². The van der Waals surface area contributed by atoms with Gasteiger partial charge in [-0.2, -0.15) is 0 Å². The minimum absolute atomic E-state index is 0.0776. The van der Waals surface area contributed by atoms with Crippen LogP contribution in [0.15, 0.2) is 4.42 Å². The van der Waals surface area contributed by atoms with Crippen LogP contribution < -0.4 is 10.6 Å². The summed E-state index contributed by atoms with van der Waals surface area (Å²) in [6, 6.07) is 0.279. The summed E-state index contributed by atoms with van der Waals surface area (Å²) < 4.78 is 28.1. The zero-order valence-corrected chi connectivity index (χ0v) is 10.5. The van der Waals surface area contributed by atoms with E-state index in [1.807, 2.05) is 0 Å². The number of hydrogen-bond acceptors (Lipinski definition) is 7. The molecule has 7 nitrogen and oxygen atoms in total. The molecule has 1 saturated heterocycles. The van der Waals surface area contributed by atoms with Crippen LogP contribution in [0.1, 0.15) is 12.3 Å². The van der Waals surface area contributed by atoms with Crippen molar-refractivity contribution < 1.29 is 12.8 Å². The Morgan fingerprint density at radius 2 is 2.29 bits per heavy atom. The minimum Gasteiger partial charge on any atom is -0.408 e. The second-order valence-corrected chi connectivity index (χ2v) is 6.41. The van der Waals surface area contributed by atoms with Gasteiger partial charge < -0.3 is 15.1 Å². The quantitative estimate of drug-likeness (QED) is 0.755. The zero-order valence-electron chi connectivity index (χ0n) is 9.66. The lowest BCUT2D eigenvalue weighted by molar-refractivity contribution is 0.478. The van der Waals surface area contributed by atoms with Crippen molar-refractivity contribution in [3.05, 3.63) is 5.89 Å². The highest BCUT2D eigenvalue weighted by molar-refractivity contribution is 7.91. The summed E-state index contributed by atoms with van der Waals surface area (Å²) >= 11 is 0. The van der Waals surface area contributed by atoms with Crippen LogP contribution in [0.5, 0.6) is 0 Å². The third-order valence-corrected chi connectivity index (χ3v) is 4.62. The fourth-order valence-electron chi connectivity index (χ4n) is 1.85. The summed E-state index contributed by atoms with van der Waals surface area (Å²) in [5.41, 5.74) is 5.38. The Bertz CT molecular complexity index is 484. The molecule has 1 unspecified atom stereocenters. The van der Waals surface area contributed by atoms with E-state index in [1.54, 1.807) is 11.9 Å². The molecule has 8 heteroatoms. The SMILES string of the molecule is CN(c1nnc(CCN)o1)C1CCS(=O)(=O)C1. The Balaban J connectivity index is 2.06. The van der Waals surface area contributed by atoms with E-state index in [0.717, 1.165) is 0 Å². The van der Waals surface area contributed by atoms with Crippen molar-refractivity contribution >= 4 is 15.9 Å². The van der Waals surface area contributed by atoms with Gasteiger partial charge in [-0.15, -0.1) is 5.10 Å².